The minimum absolute atomic E-state index is 0.424. The van der Waals surface area contributed by atoms with Gasteiger partial charge >= 0.3 is 6.03 Å². The highest BCUT2D eigenvalue weighted by atomic mass is 16.5. The van der Waals surface area contributed by atoms with E-state index in [4.69, 9.17) is 14.2 Å². The third-order valence-electron chi connectivity index (χ3n) is 5.35. The molecule has 0 aliphatic heterocycles. The van der Waals surface area contributed by atoms with E-state index in [-0.39, 0.29) is 0 Å². The van der Waals surface area contributed by atoms with Crippen LogP contribution in [0.1, 0.15) is 11.4 Å². The SMILES string of the molecule is COc1cc(NC(=O)Nc2ccc(Nc3cc(Nc4cc(C)ccn4)nc(C)n3)cc2)cc(OC)c1OC. The lowest BCUT2D eigenvalue weighted by Gasteiger charge is -2.15. The monoisotopic (exact) mass is 515 g/mol. The number of pyridine rings is 1. The minimum Gasteiger partial charge on any atom is -0.493 e. The molecule has 11 heteroatoms. The molecular weight excluding hydrogens is 486 g/mol. The molecule has 11 nitrogen and oxygen atoms in total. The van der Waals surface area contributed by atoms with Gasteiger partial charge in [-0.3, -0.25) is 0 Å². The molecule has 2 heterocycles. The van der Waals surface area contributed by atoms with Crippen molar-refractivity contribution in [1.29, 1.82) is 0 Å². The molecule has 0 aliphatic carbocycles. The van der Waals surface area contributed by atoms with Crippen LogP contribution in [0, 0.1) is 13.8 Å². The Morgan fingerprint density at radius 3 is 1.89 bits per heavy atom. The number of nitrogens with one attached hydrogen (secondary N) is 4. The summed E-state index contributed by atoms with van der Waals surface area (Å²) in [6, 6.07) is 15.8. The van der Waals surface area contributed by atoms with E-state index < -0.39 is 6.03 Å². The number of benzene rings is 2. The lowest BCUT2D eigenvalue weighted by molar-refractivity contribution is 0.262. The van der Waals surface area contributed by atoms with E-state index in [2.05, 4.69) is 36.2 Å². The van der Waals surface area contributed by atoms with E-state index in [0.717, 1.165) is 11.3 Å². The Hall–Kier alpha value is -5.06. The summed E-state index contributed by atoms with van der Waals surface area (Å²) in [7, 11) is 4.54. The molecule has 4 rings (SSSR count). The summed E-state index contributed by atoms with van der Waals surface area (Å²) in [6.07, 6.45) is 1.74. The third kappa shape index (κ3) is 6.58. The van der Waals surface area contributed by atoms with Crippen molar-refractivity contribution in [2.45, 2.75) is 13.8 Å². The maximum absolute atomic E-state index is 12.6. The predicted molar refractivity (Wildman–Crippen MR) is 147 cm³/mol. The number of ether oxygens (including phenoxy) is 3. The average molecular weight is 516 g/mol. The molecule has 0 saturated heterocycles. The van der Waals surface area contributed by atoms with Gasteiger partial charge in [0.25, 0.3) is 0 Å². The standard InChI is InChI=1S/C27H29N7O4/c1-16-10-11-28-23(12-16)34-25-15-24(29-17(2)30-25)31-18-6-8-19(9-7-18)32-27(35)33-20-13-21(36-3)26(38-5)22(14-20)37-4/h6-15H,1-5H3,(H2,32,33,35)(H2,28,29,30,31,34). The number of aromatic nitrogens is 3. The zero-order valence-electron chi connectivity index (χ0n) is 21.7. The van der Waals surface area contributed by atoms with E-state index in [1.54, 1.807) is 36.5 Å². The largest absolute Gasteiger partial charge is 0.493 e. The molecule has 0 saturated carbocycles. The van der Waals surface area contributed by atoms with E-state index in [9.17, 15) is 4.79 Å². The molecule has 0 bridgehead atoms. The van der Waals surface area contributed by atoms with Gasteiger partial charge in [-0.1, -0.05) is 0 Å². The van der Waals surface area contributed by atoms with Crippen LogP contribution in [0.2, 0.25) is 0 Å². The Morgan fingerprint density at radius 2 is 1.29 bits per heavy atom. The van der Waals surface area contributed by atoms with Gasteiger partial charge in [0.2, 0.25) is 5.75 Å². The van der Waals surface area contributed by atoms with Crippen molar-refractivity contribution in [3.05, 3.63) is 72.2 Å². The summed E-state index contributed by atoms with van der Waals surface area (Å²) in [6.45, 7) is 3.82. The Balaban J connectivity index is 1.40. The van der Waals surface area contributed by atoms with Crippen LogP contribution in [-0.2, 0) is 0 Å². The number of methoxy groups -OCH3 is 3. The number of hydrogen-bond donors (Lipinski definition) is 4. The third-order valence-corrected chi connectivity index (χ3v) is 5.35. The predicted octanol–water partition coefficient (Wildman–Crippen LogP) is 5.65. The summed E-state index contributed by atoms with van der Waals surface area (Å²) in [4.78, 5) is 25.8. The second-order valence-corrected chi connectivity index (χ2v) is 8.22. The van der Waals surface area contributed by atoms with Crippen molar-refractivity contribution in [2.24, 2.45) is 0 Å². The normalized spacial score (nSPS) is 10.3. The van der Waals surface area contributed by atoms with Crippen LogP contribution < -0.4 is 35.5 Å². The number of urea groups is 1. The van der Waals surface area contributed by atoms with Crippen molar-refractivity contribution >= 4 is 40.5 Å². The molecule has 2 aromatic carbocycles. The quantitative estimate of drug-likeness (QED) is 0.223. The van der Waals surface area contributed by atoms with Gasteiger partial charge in [0, 0.05) is 35.8 Å². The maximum Gasteiger partial charge on any atom is 0.323 e. The molecule has 38 heavy (non-hydrogen) atoms. The summed E-state index contributed by atoms with van der Waals surface area (Å²) < 4.78 is 16.0. The molecule has 0 unspecified atom stereocenters. The van der Waals surface area contributed by atoms with Crippen molar-refractivity contribution in [3.63, 3.8) is 0 Å². The first-order valence-corrected chi connectivity index (χ1v) is 11.7. The number of hydrogen-bond acceptors (Lipinski definition) is 9. The van der Waals surface area contributed by atoms with E-state index in [1.807, 2.05) is 38.1 Å². The van der Waals surface area contributed by atoms with Crippen LogP contribution in [0.15, 0.2) is 60.8 Å². The van der Waals surface area contributed by atoms with Gasteiger partial charge in [0.15, 0.2) is 11.5 Å². The Morgan fingerprint density at radius 1 is 0.684 bits per heavy atom. The van der Waals surface area contributed by atoms with Gasteiger partial charge in [0.1, 0.15) is 23.3 Å². The first kappa shape index (κ1) is 26.0. The van der Waals surface area contributed by atoms with Crippen molar-refractivity contribution in [3.8, 4) is 17.2 Å². The fourth-order valence-electron chi connectivity index (χ4n) is 3.66. The Kier molecular flexibility index (Phi) is 8.07. The Labute approximate surface area is 220 Å². The van der Waals surface area contributed by atoms with Crippen LogP contribution in [0.3, 0.4) is 0 Å². The summed E-state index contributed by atoms with van der Waals surface area (Å²) in [5.41, 5.74) is 2.97. The van der Waals surface area contributed by atoms with E-state index in [0.29, 0.717) is 51.9 Å². The second kappa shape index (κ2) is 11.8. The summed E-state index contributed by atoms with van der Waals surface area (Å²) in [5, 5.41) is 12.0. The molecule has 2 aromatic heterocycles. The molecule has 0 aliphatic rings. The number of aryl methyl sites for hydroxylation is 2. The van der Waals surface area contributed by atoms with E-state index in [1.165, 1.54) is 21.3 Å². The number of rotatable bonds is 9. The smallest absolute Gasteiger partial charge is 0.323 e. The van der Waals surface area contributed by atoms with E-state index >= 15 is 0 Å². The van der Waals surface area contributed by atoms with Gasteiger partial charge in [-0.2, -0.15) is 0 Å². The topological polar surface area (TPSA) is 132 Å². The molecule has 2 amide bonds. The summed E-state index contributed by atoms with van der Waals surface area (Å²) >= 11 is 0. The fraction of sp³-hybridized carbons (Fsp3) is 0.185. The van der Waals surface area contributed by atoms with Gasteiger partial charge in [0.05, 0.1) is 27.0 Å². The molecule has 0 fully saturated rings. The van der Waals surface area contributed by atoms with Gasteiger partial charge < -0.3 is 35.5 Å². The first-order valence-electron chi connectivity index (χ1n) is 11.7. The van der Waals surface area contributed by atoms with Crippen molar-refractivity contribution in [2.75, 3.05) is 42.6 Å². The first-order chi connectivity index (χ1) is 18.4. The molecule has 196 valence electrons. The number of amides is 2. The van der Waals surface area contributed by atoms with Crippen LogP contribution >= 0.6 is 0 Å². The molecule has 0 spiro atoms. The zero-order valence-corrected chi connectivity index (χ0v) is 21.7. The number of anilines is 6. The number of carbonyl (C=O) groups is 1. The van der Waals surface area contributed by atoms with Gasteiger partial charge in [-0.05, 0) is 55.8 Å². The zero-order chi connectivity index (χ0) is 27.1. The van der Waals surface area contributed by atoms with Crippen LogP contribution in [-0.4, -0.2) is 42.3 Å². The van der Waals surface area contributed by atoms with Crippen molar-refractivity contribution in [1.82, 2.24) is 15.0 Å². The van der Waals surface area contributed by atoms with Gasteiger partial charge in [-0.15, -0.1) is 0 Å². The number of nitrogens with zero attached hydrogens (tertiary/aromatic N) is 3. The molecule has 0 radical (unpaired) electrons. The lowest BCUT2D eigenvalue weighted by Crippen LogP contribution is -2.19. The molecule has 4 N–H and O–H groups in total. The second-order valence-electron chi connectivity index (χ2n) is 8.22. The maximum atomic E-state index is 12.6. The molecule has 4 aromatic rings. The highest BCUT2D eigenvalue weighted by Crippen LogP contribution is 2.40. The average Bonchev–Trinajstić information content (AvgIpc) is 2.88. The molecular formula is C27H29N7O4. The van der Waals surface area contributed by atoms with Crippen molar-refractivity contribution < 1.29 is 19.0 Å². The Bertz CT molecular complexity index is 1400. The highest BCUT2D eigenvalue weighted by molar-refractivity contribution is 6.00. The van der Waals surface area contributed by atoms with Crippen LogP contribution in [0.4, 0.5) is 39.3 Å². The van der Waals surface area contributed by atoms with Gasteiger partial charge in [-0.25, -0.2) is 19.7 Å². The number of carbonyl (C=O) groups excluding carboxylic acids is 1. The van der Waals surface area contributed by atoms with Crippen LogP contribution in [0.25, 0.3) is 0 Å². The fourth-order valence-corrected chi connectivity index (χ4v) is 3.66. The minimum atomic E-state index is -0.424. The molecule has 0 atom stereocenters. The van der Waals surface area contributed by atoms with Crippen LogP contribution in [0.5, 0.6) is 17.2 Å². The highest BCUT2D eigenvalue weighted by Gasteiger charge is 2.14. The lowest BCUT2D eigenvalue weighted by atomic mass is 10.2. The summed E-state index contributed by atoms with van der Waals surface area (Å²) in [5.74, 6) is 3.87.